The summed E-state index contributed by atoms with van der Waals surface area (Å²) in [5.74, 6) is 0. The van der Waals surface area contributed by atoms with Gasteiger partial charge in [-0.05, 0) is 104 Å². The van der Waals surface area contributed by atoms with E-state index in [4.69, 9.17) is 0 Å². The Morgan fingerprint density at radius 1 is 0.308 bits per heavy atom. The highest BCUT2D eigenvalue weighted by Gasteiger charge is 2.19. The van der Waals surface area contributed by atoms with Crippen molar-refractivity contribution in [3.8, 4) is 33.4 Å². The molecule has 244 valence electrons. The number of thiophene rings is 1. The van der Waals surface area contributed by atoms with Crippen LogP contribution in [-0.2, 0) is 0 Å². The summed E-state index contributed by atoms with van der Waals surface area (Å²) in [6, 6.07) is 73.1. The number of para-hydroxylation sites is 1. The highest BCUT2D eigenvalue weighted by molar-refractivity contribution is 7.25. The summed E-state index contributed by atoms with van der Waals surface area (Å²) in [4.78, 5) is 2.43. The predicted molar refractivity (Wildman–Crippen MR) is 225 cm³/mol. The summed E-state index contributed by atoms with van der Waals surface area (Å²) in [6.45, 7) is 0. The maximum absolute atomic E-state index is 2.43. The summed E-state index contributed by atoms with van der Waals surface area (Å²) in [7, 11) is 0. The Morgan fingerprint density at radius 2 is 0.827 bits per heavy atom. The van der Waals surface area contributed by atoms with Crippen molar-refractivity contribution in [3.05, 3.63) is 200 Å². The molecule has 52 heavy (non-hydrogen) atoms. The van der Waals surface area contributed by atoms with Gasteiger partial charge < -0.3 is 4.90 Å². The van der Waals surface area contributed by atoms with Gasteiger partial charge in [0.05, 0.1) is 5.69 Å². The number of benzene rings is 9. The first-order valence-electron chi connectivity index (χ1n) is 17.7. The van der Waals surface area contributed by atoms with E-state index in [9.17, 15) is 0 Å². The van der Waals surface area contributed by atoms with Crippen molar-refractivity contribution >= 4 is 70.1 Å². The van der Waals surface area contributed by atoms with Crippen molar-refractivity contribution < 1.29 is 0 Å². The molecule has 0 radical (unpaired) electrons. The third-order valence-electron chi connectivity index (χ3n) is 10.2. The van der Waals surface area contributed by atoms with E-state index in [-0.39, 0.29) is 0 Å². The number of rotatable bonds is 6. The summed E-state index contributed by atoms with van der Waals surface area (Å²) >= 11 is 1.86. The first kappa shape index (κ1) is 30.4. The molecular weight excluding hydrogens is 647 g/mol. The summed E-state index contributed by atoms with van der Waals surface area (Å²) in [5.41, 5.74) is 10.7. The van der Waals surface area contributed by atoms with Gasteiger partial charge in [-0.1, -0.05) is 146 Å². The third-order valence-corrected chi connectivity index (χ3v) is 11.3. The second kappa shape index (κ2) is 12.7. The minimum atomic E-state index is 1.12. The van der Waals surface area contributed by atoms with Crippen LogP contribution in [0.3, 0.4) is 0 Å². The number of fused-ring (bicyclic) bond motifs is 5. The molecule has 0 unspecified atom stereocenters. The molecule has 10 rings (SSSR count). The Kier molecular flexibility index (Phi) is 7.41. The van der Waals surface area contributed by atoms with E-state index in [0.29, 0.717) is 0 Å². The average molecular weight is 680 g/mol. The van der Waals surface area contributed by atoms with Gasteiger partial charge in [-0.3, -0.25) is 0 Å². The van der Waals surface area contributed by atoms with Crippen molar-refractivity contribution in [1.29, 1.82) is 0 Å². The largest absolute Gasteiger partial charge is 0.310 e. The molecule has 0 atom stereocenters. The second-order valence-electron chi connectivity index (χ2n) is 13.4. The molecule has 9 aromatic carbocycles. The number of hydrogen-bond acceptors (Lipinski definition) is 2. The molecule has 1 nitrogen and oxygen atoms in total. The summed E-state index contributed by atoms with van der Waals surface area (Å²) < 4.78 is 2.60. The lowest BCUT2D eigenvalue weighted by Gasteiger charge is -2.28. The fourth-order valence-corrected chi connectivity index (χ4v) is 8.74. The van der Waals surface area contributed by atoms with E-state index in [0.717, 1.165) is 17.1 Å². The van der Waals surface area contributed by atoms with Crippen molar-refractivity contribution in [2.24, 2.45) is 0 Å². The van der Waals surface area contributed by atoms with Gasteiger partial charge in [-0.2, -0.15) is 0 Å². The fraction of sp³-hybridized carbons (Fsp3) is 0. The molecule has 0 fully saturated rings. The van der Waals surface area contributed by atoms with Crippen LogP contribution in [0.4, 0.5) is 17.1 Å². The highest BCUT2D eigenvalue weighted by Crippen LogP contribution is 2.44. The van der Waals surface area contributed by atoms with Crippen LogP contribution >= 0.6 is 11.3 Å². The maximum atomic E-state index is 2.43. The van der Waals surface area contributed by atoms with Gasteiger partial charge in [-0.15, -0.1) is 11.3 Å². The number of hydrogen-bond donors (Lipinski definition) is 0. The predicted octanol–water partition coefficient (Wildman–Crippen LogP) is 14.8. The Balaban J connectivity index is 1.12. The van der Waals surface area contributed by atoms with Crippen LogP contribution in [-0.4, -0.2) is 0 Å². The van der Waals surface area contributed by atoms with E-state index in [1.807, 2.05) is 11.3 Å². The molecule has 2 heteroatoms. The zero-order valence-electron chi connectivity index (χ0n) is 28.4. The average Bonchev–Trinajstić information content (AvgIpc) is 3.59. The second-order valence-corrected chi connectivity index (χ2v) is 14.5. The van der Waals surface area contributed by atoms with Gasteiger partial charge >= 0.3 is 0 Å². The standard InChI is InChI=1S/C50H33NS/c1-3-11-34(12-4-1)38-22-19-35-20-23-39(30-41(35)29-38)40-24-21-36-25-26-43(32-42(36)31-40)51(48-17-9-7-15-45(48)37-13-5-2-6-14-37)44-27-28-47-46-16-8-10-18-49(46)52-50(47)33-44/h1-33H. The smallest absolute Gasteiger partial charge is 0.0540 e. The van der Waals surface area contributed by atoms with Gasteiger partial charge in [0.1, 0.15) is 0 Å². The van der Waals surface area contributed by atoms with Crippen LogP contribution in [0.25, 0.3) is 75.1 Å². The molecule has 10 aromatic rings. The molecule has 0 aliphatic rings. The molecule has 0 spiro atoms. The number of anilines is 3. The molecular formula is C50H33NS. The third kappa shape index (κ3) is 5.42. The molecule has 1 aromatic heterocycles. The molecule has 0 bridgehead atoms. The molecule has 0 saturated heterocycles. The van der Waals surface area contributed by atoms with Crippen molar-refractivity contribution in [3.63, 3.8) is 0 Å². The normalized spacial score (nSPS) is 11.5. The lowest BCUT2D eigenvalue weighted by Crippen LogP contribution is -2.11. The van der Waals surface area contributed by atoms with E-state index in [1.165, 1.54) is 75.1 Å². The van der Waals surface area contributed by atoms with Gasteiger partial charge in [0, 0.05) is 37.1 Å². The van der Waals surface area contributed by atoms with Crippen molar-refractivity contribution in [2.45, 2.75) is 0 Å². The Morgan fingerprint density at radius 3 is 1.56 bits per heavy atom. The van der Waals surface area contributed by atoms with Crippen LogP contribution in [0.15, 0.2) is 200 Å². The first-order chi connectivity index (χ1) is 25.7. The Bertz CT molecular complexity index is 2910. The van der Waals surface area contributed by atoms with Crippen molar-refractivity contribution in [2.75, 3.05) is 4.90 Å². The quantitative estimate of drug-likeness (QED) is 0.169. The van der Waals surface area contributed by atoms with Crippen LogP contribution in [0, 0.1) is 0 Å². The topological polar surface area (TPSA) is 3.24 Å². The Hall–Kier alpha value is -6.48. The zero-order valence-corrected chi connectivity index (χ0v) is 29.2. The lowest BCUT2D eigenvalue weighted by atomic mass is 9.96. The Labute approximate surface area is 307 Å². The van der Waals surface area contributed by atoms with E-state index >= 15 is 0 Å². The van der Waals surface area contributed by atoms with Gasteiger partial charge in [-0.25, -0.2) is 0 Å². The van der Waals surface area contributed by atoms with Crippen LogP contribution in [0.2, 0.25) is 0 Å². The fourth-order valence-electron chi connectivity index (χ4n) is 7.60. The molecule has 0 aliphatic heterocycles. The van der Waals surface area contributed by atoms with Gasteiger partial charge in [0.25, 0.3) is 0 Å². The molecule has 1 heterocycles. The van der Waals surface area contributed by atoms with E-state index in [1.54, 1.807) is 0 Å². The van der Waals surface area contributed by atoms with Crippen LogP contribution in [0.1, 0.15) is 0 Å². The highest BCUT2D eigenvalue weighted by atomic mass is 32.1. The molecule has 0 N–H and O–H groups in total. The molecule has 0 saturated carbocycles. The van der Waals surface area contributed by atoms with E-state index in [2.05, 4.69) is 205 Å². The van der Waals surface area contributed by atoms with Gasteiger partial charge in [0.15, 0.2) is 0 Å². The van der Waals surface area contributed by atoms with Gasteiger partial charge in [0.2, 0.25) is 0 Å². The maximum Gasteiger partial charge on any atom is 0.0540 e. The molecule has 0 aliphatic carbocycles. The minimum absolute atomic E-state index is 1.12. The minimum Gasteiger partial charge on any atom is -0.310 e. The molecule has 0 amide bonds. The summed E-state index contributed by atoms with van der Waals surface area (Å²) in [5, 5.41) is 7.53. The van der Waals surface area contributed by atoms with Crippen molar-refractivity contribution in [1.82, 2.24) is 0 Å². The van der Waals surface area contributed by atoms with E-state index < -0.39 is 0 Å². The monoisotopic (exact) mass is 679 g/mol. The number of nitrogens with zero attached hydrogens (tertiary/aromatic N) is 1. The van der Waals surface area contributed by atoms with Crippen LogP contribution in [0.5, 0.6) is 0 Å². The van der Waals surface area contributed by atoms with Crippen LogP contribution < -0.4 is 4.90 Å². The summed E-state index contributed by atoms with van der Waals surface area (Å²) in [6.07, 6.45) is 0. The lowest BCUT2D eigenvalue weighted by molar-refractivity contribution is 1.30. The zero-order chi connectivity index (χ0) is 34.4. The first-order valence-corrected chi connectivity index (χ1v) is 18.6. The SMILES string of the molecule is c1ccc(-c2ccc3ccc(-c4ccc5ccc(N(c6ccc7c(c6)sc6ccccc67)c6ccccc6-c6ccccc6)cc5c4)cc3c2)cc1.